The van der Waals surface area contributed by atoms with E-state index in [9.17, 15) is 14.3 Å². The average Bonchev–Trinajstić information content (AvgIpc) is 2.65. The molecule has 1 aliphatic carbocycles. The number of carbonyl (C=O) groups is 1. The molecule has 3 aromatic rings. The zero-order chi connectivity index (χ0) is 18.8. The molecule has 1 heterocycles. The first kappa shape index (κ1) is 17.6. The molecule has 1 fully saturated rings. The molecular formula is C22H21FN2O2. The summed E-state index contributed by atoms with van der Waals surface area (Å²) in [4.78, 5) is 17.1. The number of aromatic nitrogens is 1. The number of rotatable bonds is 5. The van der Waals surface area contributed by atoms with Crippen LogP contribution in [0.5, 0.6) is 0 Å². The van der Waals surface area contributed by atoms with Crippen LogP contribution in [0, 0.1) is 11.7 Å². The number of hydrogen-bond acceptors (Lipinski definition) is 3. The van der Waals surface area contributed by atoms with E-state index in [0.717, 1.165) is 16.5 Å². The smallest absolute Gasteiger partial charge is 0.225 e. The molecule has 1 atom stereocenters. The van der Waals surface area contributed by atoms with E-state index < -0.39 is 0 Å². The van der Waals surface area contributed by atoms with Crippen molar-refractivity contribution in [1.82, 2.24) is 10.3 Å². The standard InChI is InChI=1S/C22H21FN2O2/c23-19-7-3-1-5-14(19)12-21(27)25-22(16-10-18(26)11-16)17-9-15-6-2-4-8-20(15)24-13-17/h1-9,13,16,18,22,26H,10-12H2,(H,25,27)/t16?,18?,22-/m1/s1. The van der Waals surface area contributed by atoms with E-state index in [1.54, 1.807) is 24.4 Å². The van der Waals surface area contributed by atoms with Gasteiger partial charge in [-0.2, -0.15) is 0 Å². The van der Waals surface area contributed by atoms with Crippen LogP contribution < -0.4 is 5.32 Å². The van der Waals surface area contributed by atoms with E-state index in [1.165, 1.54) is 6.07 Å². The summed E-state index contributed by atoms with van der Waals surface area (Å²) < 4.78 is 13.8. The molecule has 1 saturated carbocycles. The Balaban J connectivity index is 1.57. The van der Waals surface area contributed by atoms with Crippen molar-refractivity contribution >= 4 is 16.8 Å². The zero-order valence-corrected chi connectivity index (χ0v) is 14.8. The van der Waals surface area contributed by atoms with Gasteiger partial charge in [0.25, 0.3) is 0 Å². The number of halogens is 1. The van der Waals surface area contributed by atoms with Crippen LogP contribution >= 0.6 is 0 Å². The van der Waals surface area contributed by atoms with Gasteiger partial charge in [0.15, 0.2) is 0 Å². The number of nitrogens with zero attached hydrogens (tertiary/aromatic N) is 1. The van der Waals surface area contributed by atoms with Crippen LogP contribution in [0.1, 0.15) is 30.0 Å². The topological polar surface area (TPSA) is 62.2 Å². The lowest BCUT2D eigenvalue weighted by molar-refractivity contribution is -0.122. The molecule has 4 nitrogen and oxygen atoms in total. The lowest BCUT2D eigenvalue weighted by Gasteiger charge is -2.38. The molecule has 1 amide bonds. The second-order valence-electron chi connectivity index (χ2n) is 7.16. The molecule has 0 bridgehead atoms. The highest BCUT2D eigenvalue weighted by Gasteiger charge is 2.36. The van der Waals surface area contributed by atoms with Crippen molar-refractivity contribution < 1.29 is 14.3 Å². The van der Waals surface area contributed by atoms with Crippen molar-refractivity contribution in [3.8, 4) is 0 Å². The molecular weight excluding hydrogens is 343 g/mol. The fourth-order valence-corrected chi connectivity index (χ4v) is 3.67. The SMILES string of the molecule is O=C(Cc1ccccc1F)N[C@@H](c1cnc2ccccc2c1)C1CC(O)C1. The first-order valence-electron chi connectivity index (χ1n) is 9.15. The third kappa shape index (κ3) is 3.83. The summed E-state index contributed by atoms with van der Waals surface area (Å²) in [7, 11) is 0. The van der Waals surface area contributed by atoms with E-state index in [4.69, 9.17) is 0 Å². The van der Waals surface area contributed by atoms with Crippen molar-refractivity contribution in [2.45, 2.75) is 31.4 Å². The molecule has 0 spiro atoms. The number of nitrogens with one attached hydrogen (secondary N) is 1. The summed E-state index contributed by atoms with van der Waals surface area (Å²) >= 11 is 0. The molecule has 2 aromatic carbocycles. The summed E-state index contributed by atoms with van der Waals surface area (Å²) in [5.74, 6) is -0.470. The number of pyridine rings is 1. The Morgan fingerprint density at radius 1 is 1.19 bits per heavy atom. The maximum atomic E-state index is 13.8. The number of aliphatic hydroxyl groups excluding tert-OH is 1. The van der Waals surface area contributed by atoms with Crippen molar-refractivity contribution in [3.05, 3.63) is 77.7 Å². The van der Waals surface area contributed by atoms with Crippen LogP contribution in [0.3, 0.4) is 0 Å². The maximum Gasteiger partial charge on any atom is 0.225 e. The summed E-state index contributed by atoms with van der Waals surface area (Å²) in [6.07, 6.45) is 2.71. The van der Waals surface area contributed by atoms with E-state index in [2.05, 4.69) is 10.3 Å². The number of hydrogen-bond donors (Lipinski definition) is 2. The Morgan fingerprint density at radius 2 is 1.93 bits per heavy atom. The Hall–Kier alpha value is -2.79. The van der Waals surface area contributed by atoms with E-state index in [1.807, 2.05) is 30.3 Å². The fourth-order valence-electron chi connectivity index (χ4n) is 3.67. The van der Waals surface area contributed by atoms with Crippen LogP contribution in [0.2, 0.25) is 0 Å². The summed E-state index contributed by atoms with van der Waals surface area (Å²) in [6, 6.07) is 15.9. The lowest BCUT2D eigenvalue weighted by Crippen LogP contribution is -2.42. The monoisotopic (exact) mass is 364 g/mol. The largest absolute Gasteiger partial charge is 0.393 e. The predicted octanol–water partition coefficient (Wildman–Crippen LogP) is 3.54. The third-order valence-electron chi connectivity index (χ3n) is 5.22. The highest BCUT2D eigenvalue weighted by molar-refractivity contribution is 5.81. The number of amides is 1. The highest BCUT2D eigenvalue weighted by atomic mass is 19.1. The number of aliphatic hydroxyl groups is 1. The number of carbonyl (C=O) groups excluding carboxylic acids is 1. The Kier molecular flexibility index (Phi) is 4.86. The van der Waals surface area contributed by atoms with Gasteiger partial charge in [-0.3, -0.25) is 9.78 Å². The zero-order valence-electron chi connectivity index (χ0n) is 14.8. The Morgan fingerprint density at radius 3 is 2.70 bits per heavy atom. The van der Waals surface area contributed by atoms with Crippen LogP contribution in [0.15, 0.2) is 60.8 Å². The van der Waals surface area contributed by atoms with Crippen LogP contribution in [0.25, 0.3) is 10.9 Å². The van der Waals surface area contributed by atoms with E-state index in [-0.39, 0.29) is 36.2 Å². The molecule has 0 unspecified atom stereocenters. The van der Waals surface area contributed by atoms with Crippen LogP contribution in [-0.2, 0) is 11.2 Å². The molecule has 0 aliphatic heterocycles. The second kappa shape index (κ2) is 7.45. The van der Waals surface area contributed by atoms with Gasteiger partial charge in [-0.05, 0) is 48.1 Å². The maximum absolute atomic E-state index is 13.8. The summed E-state index contributed by atoms with van der Waals surface area (Å²) in [5.41, 5.74) is 2.18. The van der Waals surface area contributed by atoms with E-state index in [0.29, 0.717) is 18.4 Å². The van der Waals surface area contributed by atoms with Gasteiger partial charge in [0.1, 0.15) is 5.82 Å². The minimum atomic E-state index is -0.379. The molecule has 2 N–H and O–H groups in total. The number of para-hydroxylation sites is 1. The van der Waals surface area contributed by atoms with Gasteiger partial charge < -0.3 is 10.4 Å². The van der Waals surface area contributed by atoms with Gasteiger partial charge >= 0.3 is 0 Å². The molecule has 0 saturated heterocycles. The van der Waals surface area contributed by atoms with Crippen molar-refractivity contribution in [2.24, 2.45) is 5.92 Å². The van der Waals surface area contributed by atoms with Gasteiger partial charge in [-0.1, -0.05) is 36.4 Å². The second-order valence-corrected chi connectivity index (χ2v) is 7.16. The molecule has 4 rings (SSSR count). The molecule has 27 heavy (non-hydrogen) atoms. The molecule has 1 aromatic heterocycles. The average molecular weight is 364 g/mol. The molecule has 0 radical (unpaired) electrons. The van der Waals surface area contributed by atoms with Gasteiger partial charge in [0.2, 0.25) is 5.91 Å². The van der Waals surface area contributed by atoms with Crippen LogP contribution in [-0.4, -0.2) is 22.1 Å². The highest BCUT2D eigenvalue weighted by Crippen LogP contribution is 2.38. The number of benzene rings is 2. The molecule has 138 valence electrons. The van der Waals surface area contributed by atoms with Gasteiger partial charge in [0, 0.05) is 11.6 Å². The quantitative estimate of drug-likeness (QED) is 0.728. The molecule has 1 aliphatic rings. The van der Waals surface area contributed by atoms with E-state index >= 15 is 0 Å². The number of fused-ring (bicyclic) bond motifs is 1. The summed E-state index contributed by atoms with van der Waals surface area (Å²) in [5, 5.41) is 13.8. The Bertz CT molecular complexity index is 969. The first-order valence-corrected chi connectivity index (χ1v) is 9.15. The van der Waals surface area contributed by atoms with Crippen molar-refractivity contribution in [1.29, 1.82) is 0 Å². The normalized spacial score (nSPS) is 20.1. The predicted molar refractivity (Wildman–Crippen MR) is 101 cm³/mol. The van der Waals surface area contributed by atoms with Crippen molar-refractivity contribution in [2.75, 3.05) is 0 Å². The van der Waals surface area contributed by atoms with Crippen LogP contribution in [0.4, 0.5) is 4.39 Å². The van der Waals surface area contributed by atoms with Gasteiger partial charge in [0.05, 0.1) is 24.1 Å². The van der Waals surface area contributed by atoms with Gasteiger partial charge in [-0.25, -0.2) is 4.39 Å². The fraction of sp³-hybridized carbons (Fsp3) is 0.273. The minimum Gasteiger partial charge on any atom is -0.393 e. The summed E-state index contributed by atoms with van der Waals surface area (Å²) in [6.45, 7) is 0. The first-order chi connectivity index (χ1) is 13.1. The van der Waals surface area contributed by atoms with Gasteiger partial charge in [-0.15, -0.1) is 0 Å². The minimum absolute atomic E-state index is 0.0144. The lowest BCUT2D eigenvalue weighted by atomic mass is 9.75. The Labute approximate surface area is 157 Å². The van der Waals surface area contributed by atoms with Crippen molar-refractivity contribution in [3.63, 3.8) is 0 Å². The third-order valence-corrected chi connectivity index (χ3v) is 5.22. The molecule has 5 heteroatoms.